The second kappa shape index (κ2) is 19.3. The van der Waals surface area contributed by atoms with Gasteiger partial charge in [-0.3, -0.25) is 0 Å². The third kappa shape index (κ3) is 12.1. The zero-order valence-electron chi connectivity index (χ0n) is 26.2. The lowest BCUT2D eigenvalue weighted by Gasteiger charge is -2.12. The predicted octanol–water partition coefficient (Wildman–Crippen LogP) is 7.02. The first-order chi connectivity index (χ1) is 22.3. The second-order valence-corrected chi connectivity index (χ2v) is 10.3. The number of hydrogen-bond acceptors (Lipinski definition) is 9. The minimum absolute atomic E-state index is 0.215. The van der Waals surface area contributed by atoms with Gasteiger partial charge in [0.1, 0.15) is 17.2 Å². The Kier molecular flexibility index (Phi) is 14.8. The third-order valence-electron chi connectivity index (χ3n) is 6.76. The van der Waals surface area contributed by atoms with Gasteiger partial charge in [0.25, 0.3) is 0 Å². The molecular weight excluding hydrogens is 588 g/mol. The molecule has 3 aromatic rings. The molecule has 0 unspecified atom stereocenters. The summed E-state index contributed by atoms with van der Waals surface area (Å²) in [6.07, 6.45) is 7.70. The van der Waals surface area contributed by atoms with Crippen molar-refractivity contribution < 1.29 is 42.9 Å². The van der Waals surface area contributed by atoms with Crippen molar-refractivity contribution in [2.45, 2.75) is 51.9 Å². The number of unbranched alkanes of at least 4 members (excludes halogenated alkanes) is 3. The van der Waals surface area contributed by atoms with Crippen molar-refractivity contribution in [3.63, 3.8) is 0 Å². The fourth-order valence-corrected chi connectivity index (χ4v) is 4.31. The highest BCUT2D eigenvalue weighted by molar-refractivity contribution is 5.92. The Morgan fingerprint density at radius 3 is 1.83 bits per heavy atom. The quantitative estimate of drug-likeness (QED) is 0.0598. The van der Waals surface area contributed by atoms with Crippen LogP contribution in [0.4, 0.5) is 0 Å². The monoisotopic (exact) mass is 628 g/mol. The van der Waals surface area contributed by atoms with E-state index in [9.17, 15) is 19.2 Å². The molecule has 46 heavy (non-hydrogen) atoms. The van der Waals surface area contributed by atoms with Gasteiger partial charge in [0.15, 0.2) is 0 Å². The van der Waals surface area contributed by atoms with E-state index in [1.807, 2.05) is 6.92 Å². The molecule has 3 rings (SSSR count). The molecule has 242 valence electrons. The largest absolute Gasteiger partial charge is 0.494 e. The predicted molar refractivity (Wildman–Crippen MR) is 173 cm³/mol. The first-order valence-electron chi connectivity index (χ1n) is 15.3. The molecule has 0 aromatic heterocycles. The molecule has 9 nitrogen and oxygen atoms in total. The van der Waals surface area contributed by atoms with Crippen molar-refractivity contribution in [2.75, 3.05) is 19.8 Å². The molecule has 0 aliphatic rings. The molecule has 0 heterocycles. The Morgan fingerprint density at radius 1 is 0.630 bits per heavy atom. The first-order valence-corrected chi connectivity index (χ1v) is 15.3. The zero-order chi connectivity index (χ0) is 33.1. The number of aryl methyl sites for hydroxylation is 1. The smallest absolute Gasteiger partial charge is 0.343 e. The van der Waals surface area contributed by atoms with Crippen LogP contribution in [-0.4, -0.2) is 43.7 Å². The SMILES string of the molecule is C=CC(=O)OCCCCCCOc1ccc(C(=O)Oc2ccc(OC(=O)c3ccc(CCOC(=O)C=C)cc3)c(CCC)c2)cc1. The highest BCUT2D eigenvalue weighted by atomic mass is 16.5. The number of esters is 4. The molecular formula is C37H40O9. The van der Waals surface area contributed by atoms with Crippen molar-refractivity contribution in [1.82, 2.24) is 0 Å². The van der Waals surface area contributed by atoms with Gasteiger partial charge in [-0.15, -0.1) is 0 Å². The highest BCUT2D eigenvalue weighted by Crippen LogP contribution is 2.27. The van der Waals surface area contributed by atoms with Crippen LogP contribution in [0, 0.1) is 0 Å². The summed E-state index contributed by atoms with van der Waals surface area (Å²) in [5.41, 5.74) is 2.39. The minimum Gasteiger partial charge on any atom is -0.494 e. The lowest BCUT2D eigenvalue weighted by atomic mass is 10.1. The molecule has 0 N–H and O–H groups in total. The lowest BCUT2D eigenvalue weighted by molar-refractivity contribution is -0.138. The Balaban J connectivity index is 1.48. The summed E-state index contributed by atoms with van der Waals surface area (Å²) in [6, 6.07) is 18.5. The minimum atomic E-state index is -0.518. The van der Waals surface area contributed by atoms with Gasteiger partial charge in [-0.1, -0.05) is 38.6 Å². The van der Waals surface area contributed by atoms with Crippen LogP contribution in [-0.2, 0) is 31.9 Å². The van der Waals surface area contributed by atoms with E-state index in [0.717, 1.165) is 55.4 Å². The number of benzene rings is 3. The van der Waals surface area contributed by atoms with E-state index in [0.29, 0.717) is 54.4 Å². The summed E-state index contributed by atoms with van der Waals surface area (Å²) in [5, 5.41) is 0. The molecule has 0 spiro atoms. The molecule has 3 aromatic carbocycles. The number of rotatable bonds is 19. The Morgan fingerprint density at radius 2 is 1.20 bits per heavy atom. The highest BCUT2D eigenvalue weighted by Gasteiger charge is 2.15. The van der Waals surface area contributed by atoms with Crippen LogP contribution in [0.25, 0.3) is 0 Å². The number of carbonyl (C=O) groups excluding carboxylic acids is 4. The van der Waals surface area contributed by atoms with Crippen molar-refractivity contribution >= 4 is 23.9 Å². The van der Waals surface area contributed by atoms with Crippen molar-refractivity contribution in [3.8, 4) is 17.2 Å². The van der Waals surface area contributed by atoms with E-state index in [-0.39, 0.29) is 6.61 Å². The van der Waals surface area contributed by atoms with Gasteiger partial charge in [-0.05, 0) is 97.8 Å². The zero-order valence-corrected chi connectivity index (χ0v) is 26.2. The molecule has 0 fully saturated rings. The van der Waals surface area contributed by atoms with Crippen molar-refractivity contribution in [2.24, 2.45) is 0 Å². The lowest BCUT2D eigenvalue weighted by Crippen LogP contribution is -2.11. The molecule has 0 saturated heterocycles. The van der Waals surface area contributed by atoms with Crippen LogP contribution < -0.4 is 14.2 Å². The van der Waals surface area contributed by atoms with Crippen LogP contribution >= 0.6 is 0 Å². The summed E-state index contributed by atoms with van der Waals surface area (Å²) in [7, 11) is 0. The van der Waals surface area contributed by atoms with Gasteiger partial charge in [-0.25, -0.2) is 19.2 Å². The van der Waals surface area contributed by atoms with Gasteiger partial charge in [0.05, 0.1) is 30.9 Å². The van der Waals surface area contributed by atoms with E-state index < -0.39 is 23.9 Å². The maximum Gasteiger partial charge on any atom is 0.343 e. The van der Waals surface area contributed by atoms with Crippen LogP contribution in [0.3, 0.4) is 0 Å². The number of ether oxygens (including phenoxy) is 5. The molecule has 0 saturated carbocycles. The second-order valence-electron chi connectivity index (χ2n) is 10.3. The van der Waals surface area contributed by atoms with Gasteiger partial charge in [-0.2, -0.15) is 0 Å². The van der Waals surface area contributed by atoms with E-state index in [1.54, 1.807) is 66.7 Å². The van der Waals surface area contributed by atoms with Gasteiger partial charge in [0, 0.05) is 18.6 Å². The summed E-state index contributed by atoms with van der Waals surface area (Å²) in [4.78, 5) is 47.9. The standard InChI is InChI=1S/C37H40O9/c1-4-11-30-26-32(20-21-33(30)46-37(41)28-14-12-27(13-15-28)22-25-44-35(39)6-3)45-36(40)29-16-18-31(19-17-29)42-23-9-7-8-10-24-43-34(38)5-2/h5-6,12-21,26H,2-4,7-11,22-25H2,1H3. The van der Waals surface area contributed by atoms with Crippen LogP contribution in [0.5, 0.6) is 17.2 Å². The molecule has 0 atom stereocenters. The Labute approximate surface area is 269 Å². The summed E-state index contributed by atoms with van der Waals surface area (Å²) >= 11 is 0. The average Bonchev–Trinajstić information content (AvgIpc) is 3.07. The van der Waals surface area contributed by atoms with Gasteiger partial charge >= 0.3 is 23.9 Å². The summed E-state index contributed by atoms with van der Waals surface area (Å²) in [6.45, 7) is 9.86. The van der Waals surface area contributed by atoms with E-state index in [1.165, 1.54) is 0 Å². The third-order valence-corrected chi connectivity index (χ3v) is 6.76. The Bertz CT molecular complexity index is 1470. The molecule has 0 amide bonds. The van der Waals surface area contributed by atoms with Crippen LogP contribution in [0.2, 0.25) is 0 Å². The maximum absolute atomic E-state index is 12.8. The van der Waals surface area contributed by atoms with Gasteiger partial charge in [0.2, 0.25) is 0 Å². The van der Waals surface area contributed by atoms with E-state index >= 15 is 0 Å². The van der Waals surface area contributed by atoms with Crippen LogP contribution in [0.15, 0.2) is 92.0 Å². The summed E-state index contributed by atoms with van der Waals surface area (Å²) in [5.74, 6) is -0.533. The molecule has 0 aliphatic carbocycles. The summed E-state index contributed by atoms with van der Waals surface area (Å²) < 4.78 is 27.0. The molecule has 0 radical (unpaired) electrons. The van der Waals surface area contributed by atoms with Crippen LogP contribution in [0.1, 0.15) is 70.9 Å². The number of carbonyl (C=O) groups is 4. The first kappa shape index (κ1) is 35.3. The normalized spacial score (nSPS) is 10.4. The molecule has 0 aliphatic heterocycles. The van der Waals surface area contributed by atoms with E-state index in [2.05, 4.69) is 13.2 Å². The van der Waals surface area contributed by atoms with Gasteiger partial charge < -0.3 is 23.7 Å². The molecule has 9 heteroatoms. The van der Waals surface area contributed by atoms with E-state index in [4.69, 9.17) is 23.7 Å². The van der Waals surface area contributed by atoms with Crippen molar-refractivity contribution in [3.05, 3.63) is 114 Å². The number of hydrogen-bond donors (Lipinski definition) is 0. The molecule has 0 bridgehead atoms. The van der Waals surface area contributed by atoms with Crippen molar-refractivity contribution in [1.29, 1.82) is 0 Å². The fraction of sp³-hybridized carbons (Fsp3) is 0.297. The maximum atomic E-state index is 12.8. The fourth-order valence-electron chi connectivity index (χ4n) is 4.31. The average molecular weight is 629 g/mol. The topological polar surface area (TPSA) is 114 Å². The Hall–Kier alpha value is -5.18.